The molecule has 3 heteroatoms. The summed E-state index contributed by atoms with van der Waals surface area (Å²) in [6.07, 6.45) is 6.08. The highest BCUT2D eigenvalue weighted by molar-refractivity contribution is 6.73. The highest BCUT2D eigenvalue weighted by atomic mass is 28.4. The van der Waals surface area contributed by atoms with Crippen molar-refractivity contribution < 1.29 is 9.22 Å². The minimum atomic E-state index is -1.60. The van der Waals surface area contributed by atoms with Crippen LogP contribution in [0.4, 0.5) is 0 Å². The number of hydrogen-bond donors (Lipinski definition) is 0. The van der Waals surface area contributed by atoms with Crippen molar-refractivity contribution in [3.05, 3.63) is 24.8 Å². The van der Waals surface area contributed by atoms with Gasteiger partial charge in [-0.15, -0.1) is 6.58 Å². The number of rotatable bonds is 6. The topological polar surface area (TPSA) is 26.3 Å². The molecule has 0 N–H and O–H groups in total. The fraction of sp³-hybridized carbons (Fsp3) is 0.643. The first-order chi connectivity index (χ1) is 8.10. The van der Waals surface area contributed by atoms with E-state index in [4.69, 9.17) is 4.43 Å². The molecule has 0 radical (unpaired) electrons. The summed E-state index contributed by atoms with van der Waals surface area (Å²) in [6, 6.07) is 3.42. The van der Waals surface area contributed by atoms with E-state index in [1.807, 2.05) is 12.2 Å². The molecule has 0 amide bonds. The van der Waals surface area contributed by atoms with Crippen molar-refractivity contribution in [2.75, 3.05) is 0 Å². The van der Waals surface area contributed by atoms with Gasteiger partial charge >= 0.3 is 0 Å². The summed E-state index contributed by atoms with van der Waals surface area (Å²) in [5, 5.41) is 0. The van der Waals surface area contributed by atoms with E-state index in [0.717, 1.165) is 18.1 Å². The number of ketones is 1. The number of hydrogen-bond acceptors (Lipinski definition) is 2. The third-order valence-electron chi connectivity index (χ3n) is 3.95. The van der Waals surface area contributed by atoms with Gasteiger partial charge in [0.15, 0.2) is 14.1 Å². The second kappa shape index (κ2) is 6.31. The summed E-state index contributed by atoms with van der Waals surface area (Å²) in [7, 11) is -1.60. The zero-order valence-corrected chi connectivity index (χ0v) is 12.2. The molecule has 0 aromatic rings. The summed E-state index contributed by atoms with van der Waals surface area (Å²) in [5.41, 5.74) is 0. The van der Waals surface area contributed by atoms with Gasteiger partial charge in [-0.05, 0) is 24.2 Å². The molecule has 0 bridgehead atoms. The van der Waals surface area contributed by atoms with Crippen LogP contribution in [0, 0.1) is 5.92 Å². The van der Waals surface area contributed by atoms with Gasteiger partial charge in [0.25, 0.3) is 0 Å². The Morgan fingerprint density at radius 2 is 2.00 bits per heavy atom. The van der Waals surface area contributed by atoms with Crippen LogP contribution in [-0.4, -0.2) is 20.2 Å². The van der Waals surface area contributed by atoms with Crippen molar-refractivity contribution in [1.29, 1.82) is 0 Å². The minimum absolute atomic E-state index is 0.0664. The summed E-state index contributed by atoms with van der Waals surface area (Å²) in [5.74, 6) is 0.343. The Labute approximate surface area is 106 Å². The van der Waals surface area contributed by atoms with Crippen molar-refractivity contribution in [2.24, 2.45) is 5.92 Å². The van der Waals surface area contributed by atoms with Gasteiger partial charge in [0, 0.05) is 12.3 Å². The van der Waals surface area contributed by atoms with Crippen LogP contribution in [0.5, 0.6) is 0 Å². The molecule has 0 fully saturated rings. The maximum atomic E-state index is 11.4. The maximum absolute atomic E-state index is 11.4. The van der Waals surface area contributed by atoms with Crippen LogP contribution in [0.15, 0.2) is 24.8 Å². The Bertz CT molecular complexity index is 297. The first kappa shape index (κ1) is 14.4. The van der Waals surface area contributed by atoms with Gasteiger partial charge < -0.3 is 4.43 Å². The van der Waals surface area contributed by atoms with Crippen molar-refractivity contribution in [3.63, 3.8) is 0 Å². The quantitative estimate of drug-likeness (QED) is 0.532. The molecule has 96 valence electrons. The van der Waals surface area contributed by atoms with Gasteiger partial charge in [0.2, 0.25) is 0 Å². The molecule has 1 aliphatic rings. The molecule has 0 saturated carbocycles. The molecule has 0 heterocycles. The third kappa shape index (κ3) is 3.39. The molecule has 0 aromatic heterocycles. The van der Waals surface area contributed by atoms with E-state index in [0.29, 0.717) is 6.42 Å². The van der Waals surface area contributed by atoms with Crippen LogP contribution in [0.25, 0.3) is 0 Å². The average molecular weight is 252 g/mol. The lowest BCUT2D eigenvalue weighted by atomic mass is 9.91. The monoisotopic (exact) mass is 252 g/mol. The van der Waals surface area contributed by atoms with E-state index in [2.05, 4.69) is 27.4 Å². The first-order valence-corrected chi connectivity index (χ1v) is 9.15. The average Bonchev–Trinajstić information content (AvgIpc) is 2.37. The number of carbonyl (C=O) groups is 1. The molecule has 0 aliphatic heterocycles. The molecule has 0 unspecified atom stereocenters. The lowest BCUT2D eigenvalue weighted by molar-refractivity contribution is -0.116. The molecule has 0 saturated heterocycles. The predicted octanol–water partition coefficient (Wildman–Crippen LogP) is 3.71. The van der Waals surface area contributed by atoms with Gasteiger partial charge in [-0.2, -0.15) is 0 Å². The molecular weight excluding hydrogens is 228 g/mol. The van der Waals surface area contributed by atoms with E-state index in [9.17, 15) is 4.79 Å². The van der Waals surface area contributed by atoms with Crippen LogP contribution < -0.4 is 0 Å². The Balaban J connectivity index is 2.81. The van der Waals surface area contributed by atoms with Crippen molar-refractivity contribution in [3.8, 4) is 0 Å². The van der Waals surface area contributed by atoms with Crippen LogP contribution in [0.1, 0.15) is 27.2 Å². The lowest BCUT2D eigenvalue weighted by Crippen LogP contribution is -2.42. The smallest absolute Gasteiger partial charge is 0.192 e. The van der Waals surface area contributed by atoms with Crippen LogP contribution in [0.3, 0.4) is 0 Å². The van der Waals surface area contributed by atoms with Crippen LogP contribution in [0.2, 0.25) is 18.1 Å². The van der Waals surface area contributed by atoms with E-state index >= 15 is 0 Å². The van der Waals surface area contributed by atoms with Crippen molar-refractivity contribution in [2.45, 2.75) is 51.4 Å². The fourth-order valence-electron chi connectivity index (χ4n) is 2.39. The highest BCUT2D eigenvalue weighted by Gasteiger charge is 2.34. The lowest BCUT2D eigenvalue weighted by Gasteiger charge is -2.35. The van der Waals surface area contributed by atoms with E-state index in [-0.39, 0.29) is 17.8 Å². The van der Waals surface area contributed by atoms with Gasteiger partial charge in [0.05, 0.1) is 6.10 Å². The summed E-state index contributed by atoms with van der Waals surface area (Å²) < 4.78 is 6.41. The van der Waals surface area contributed by atoms with Gasteiger partial charge in [-0.1, -0.05) is 32.9 Å². The van der Waals surface area contributed by atoms with Crippen LogP contribution >= 0.6 is 0 Å². The first-order valence-electron chi connectivity index (χ1n) is 6.62. The molecule has 2 nitrogen and oxygen atoms in total. The molecule has 0 aromatic carbocycles. The standard InChI is InChI=1S/C14H24O2Si/c1-5-12-11-13(15)9-10-14(12)16-17(6-2,7-3)8-4/h5,9-10,12,14H,1,6-8,11H2,2-4H3/t12-,14-/m1/s1. The Kier molecular flexibility index (Phi) is 5.34. The zero-order valence-electron chi connectivity index (χ0n) is 11.2. The van der Waals surface area contributed by atoms with Crippen molar-refractivity contribution >= 4 is 14.1 Å². The predicted molar refractivity (Wildman–Crippen MR) is 74.5 cm³/mol. The molecular formula is C14H24O2Si. The van der Waals surface area contributed by atoms with Crippen LogP contribution in [-0.2, 0) is 9.22 Å². The highest BCUT2D eigenvalue weighted by Crippen LogP contribution is 2.29. The van der Waals surface area contributed by atoms with Gasteiger partial charge in [-0.3, -0.25) is 4.79 Å². The second-order valence-electron chi connectivity index (χ2n) is 4.76. The van der Waals surface area contributed by atoms with Gasteiger partial charge in [-0.25, -0.2) is 0 Å². The summed E-state index contributed by atoms with van der Waals surface area (Å²) in [4.78, 5) is 11.4. The normalized spacial score (nSPS) is 25.0. The summed E-state index contributed by atoms with van der Waals surface area (Å²) >= 11 is 0. The van der Waals surface area contributed by atoms with E-state index < -0.39 is 8.32 Å². The number of carbonyl (C=O) groups excluding carboxylic acids is 1. The van der Waals surface area contributed by atoms with E-state index in [1.54, 1.807) is 6.08 Å². The summed E-state index contributed by atoms with van der Waals surface area (Å²) in [6.45, 7) is 10.5. The minimum Gasteiger partial charge on any atom is -0.410 e. The number of allylic oxidation sites excluding steroid dienone is 1. The largest absolute Gasteiger partial charge is 0.410 e. The molecule has 1 rings (SSSR count). The second-order valence-corrected chi connectivity index (χ2v) is 9.48. The zero-order chi connectivity index (χ0) is 12.9. The molecule has 0 spiro atoms. The molecule has 17 heavy (non-hydrogen) atoms. The fourth-order valence-corrected chi connectivity index (χ4v) is 5.22. The third-order valence-corrected chi connectivity index (χ3v) is 8.59. The molecule has 1 aliphatic carbocycles. The Morgan fingerprint density at radius 3 is 2.47 bits per heavy atom. The molecule has 2 atom stereocenters. The van der Waals surface area contributed by atoms with Crippen molar-refractivity contribution in [1.82, 2.24) is 0 Å². The van der Waals surface area contributed by atoms with E-state index in [1.165, 1.54) is 0 Å². The Hall–Kier alpha value is -0.673. The maximum Gasteiger partial charge on any atom is 0.192 e. The SMILES string of the molecule is C=C[C@@H]1CC(=O)C=C[C@H]1O[Si](CC)(CC)CC. The Morgan fingerprint density at radius 1 is 1.41 bits per heavy atom. The van der Waals surface area contributed by atoms with Gasteiger partial charge in [0.1, 0.15) is 0 Å².